The lowest BCUT2D eigenvalue weighted by molar-refractivity contribution is 0.579. The van der Waals surface area contributed by atoms with E-state index < -0.39 is 19.9 Å². The molecule has 0 amide bonds. The summed E-state index contributed by atoms with van der Waals surface area (Å²) in [5, 5.41) is 0. The summed E-state index contributed by atoms with van der Waals surface area (Å²) in [7, 11) is -7.69. The van der Waals surface area contributed by atoms with Crippen molar-refractivity contribution in [1.82, 2.24) is 9.71 Å². The molecule has 0 radical (unpaired) electrons. The van der Waals surface area contributed by atoms with Crippen molar-refractivity contribution in [3.8, 4) is 0 Å². The molecule has 0 saturated carbocycles. The average Bonchev–Trinajstić information content (AvgIpc) is 2.75. The number of hydrogen-bond donors (Lipinski definition) is 1. The molecule has 3 rings (SSSR count). The molecule has 0 aliphatic rings. The zero-order chi connectivity index (χ0) is 21.6. The first-order chi connectivity index (χ1) is 14.3. The maximum absolute atomic E-state index is 13.0. The molecule has 0 saturated heterocycles. The summed E-state index contributed by atoms with van der Waals surface area (Å²) in [6.07, 6.45) is 5.09. The Kier molecular flexibility index (Phi) is 7.02. The van der Waals surface area contributed by atoms with Gasteiger partial charge in [-0.25, -0.2) is 21.6 Å². The van der Waals surface area contributed by atoms with Crippen LogP contribution in [-0.4, -0.2) is 28.4 Å². The normalized spacial score (nSPS) is 12.0. The van der Waals surface area contributed by atoms with Gasteiger partial charge >= 0.3 is 0 Å². The van der Waals surface area contributed by atoms with Gasteiger partial charge in [0.05, 0.1) is 14.7 Å². The van der Waals surface area contributed by atoms with Gasteiger partial charge in [-0.1, -0.05) is 37.6 Å². The van der Waals surface area contributed by atoms with Crippen LogP contribution in [0.25, 0.3) is 0 Å². The molecule has 3 aromatic rings. The van der Waals surface area contributed by atoms with Gasteiger partial charge < -0.3 is 0 Å². The molecule has 0 atom stereocenters. The zero-order valence-corrected chi connectivity index (χ0v) is 18.3. The molecule has 6 nitrogen and oxygen atoms in total. The predicted octanol–water partition coefficient (Wildman–Crippen LogP) is 3.39. The van der Waals surface area contributed by atoms with E-state index in [4.69, 9.17) is 0 Å². The summed E-state index contributed by atoms with van der Waals surface area (Å²) >= 11 is 0. The number of pyridine rings is 1. The molecule has 8 heteroatoms. The zero-order valence-electron chi connectivity index (χ0n) is 16.7. The van der Waals surface area contributed by atoms with Gasteiger partial charge in [-0.3, -0.25) is 4.98 Å². The Morgan fingerprint density at radius 3 is 2.20 bits per heavy atom. The SMILES string of the molecule is CCCc1ccc(S(=O)(=O)c2ccccc2)cc1S(=O)(=O)NCCc1ccncc1. The van der Waals surface area contributed by atoms with Crippen LogP contribution in [0.1, 0.15) is 24.5 Å². The van der Waals surface area contributed by atoms with Gasteiger partial charge in [-0.15, -0.1) is 0 Å². The number of benzene rings is 2. The van der Waals surface area contributed by atoms with Crippen molar-refractivity contribution in [3.05, 3.63) is 84.2 Å². The first-order valence-electron chi connectivity index (χ1n) is 9.66. The third kappa shape index (κ3) is 5.13. The fourth-order valence-electron chi connectivity index (χ4n) is 3.12. The third-order valence-corrected chi connectivity index (χ3v) is 7.98. The predicted molar refractivity (Wildman–Crippen MR) is 115 cm³/mol. The molecule has 30 heavy (non-hydrogen) atoms. The number of sulfone groups is 1. The van der Waals surface area contributed by atoms with E-state index in [-0.39, 0.29) is 21.2 Å². The molecule has 0 fully saturated rings. The van der Waals surface area contributed by atoms with Crippen LogP contribution >= 0.6 is 0 Å². The quantitative estimate of drug-likeness (QED) is 0.546. The molecule has 0 aliphatic carbocycles. The Bertz CT molecular complexity index is 1190. The van der Waals surface area contributed by atoms with Gasteiger partial charge in [0.25, 0.3) is 0 Å². The molecule has 1 aromatic heterocycles. The Hall–Kier alpha value is -2.55. The van der Waals surface area contributed by atoms with Gasteiger partial charge in [0.2, 0.25) is 19.9 Å². The summed E-state index contributed by atoms with van der Waals surface area (Å²) in [5.74, 6) is 0. The highest BCUT2D eigenvalue weighted by atomic mass is 32.2. The third-order valence-electron chi connectivity index (χ3n) is 4.67. The second-order valence-electron chi connectivity index (χ2n) is 6.84. The Balaban J connectivity index is 1.92. The van der Waals surface area contributed by atoms with Crippen LogP contribution < -0.4 is 4.72 Å². The molecule has 0 spiro atoms. The van der Waals surface area contributed by atoms with Crippen LogP contribution in [0.2, 0.25) is 0 Å². The molecule has 1 heterocycles. The van der Waals surface area contributed by atoms with Crippen molar-refractivity contribution in [2.24, 2.45) is 0 Å². The second kappa shape index (κ2) is 9.51. The van der Waals surface area contributed by atoms with E-state index in [9.17, 15) is 16.8 Å². The fraction of sp³-hybridized carbons (Fsp3) is 0.227. The highest BCUT2D eigenvalue weighted by molar-refractivity contribution is 7.91. The maximum atomic E-state index is 13.0. The number of nitrogens with one attached hydrogen (secondary N) is 1. The van der Waals surface area contributed by atoms with Gasteiger partial charge in [0.15, 0.2) is 0 Å². The van der Waals surface area contributed by atoms with Crippen LogP contribution in [-0.2, 0) is 32.7 Å². The van der Waals surface area contributed by atoms with Crippen molar-refractivity contribution in [3.63, 3.8) is 0 Å². The number of nitrogens with zero attached hydrogens (tertiary/aromatic N) is 1. The highest BCUT2D eigenvalue weighted by Gasteiger charge is 2.24. The first-order valence-corrected chi connectivity index (χ1v) is 12.6. The maximum Gasteiger partial charge on any atom is 0.240 e. The Morgan fingerprint density at radius 2 is 1.53 bits per heavy atom. The van der Waals surface area contributed by atoms with E-state index in [0.717, 1.165) is 12.0 Å². The molecule has 2 aromatic carbocycles. The van der Waals surface area contributed by atoms with Crippen LogP contribution in [0.3, 0.4) is 0 Å². The van der Waals surface area contributed by atoms with Crippen LogP contribution in [0.4, 0.5) is 0 Å². The molecular weight excluding hydrogens is 420 g/mol. The van der Waals surface area contributed by atoms with Gasteiger partial charge in [-0.05, 0) is 60.4 Å². The molecule has 1 N–H and O–H groups in total. The van der Waals surface area contributed by atoms with Crippen molar-refractivity contribution in [1.29, 1.82) is 0 Å². The fourth-order valence-corrected chi connectivity index (χ4v) is 5.83. The Labute approximate surface area is 178 Å². The lowest BCUT2D eigenvalue weighted by Gasteiger charge is -2.14. The topological polar surface area (TPSA) is 93.2 Å². The average molecular weight is 445 g/mol. The van der Waals surface area contributed by atoms with E-state index in [2.05, 4.69) is 9.71 Å². The van der Waals surface area contributed by atoms with E-state index >= 15 is 0 Å². The van der Waals surface area contributed by atoms with Crippen LogP contribution in [0.15, 0.2) is 87.7 Å². The summed E-state index contributed by atoms with van der Waals surface area (Å²) in [5.41, 5.74) is 1.56. The number of hydrogen-bond acceptors (Lipinski definition) is 5. The van der Waals surface area contributed by atoms with Crippen molar-refractivity contribution in [2.45, 2.75) is 40.9 Å². The standard InChI is InChI=1S/C22H24N2O4S2/c1-2-6-19-9-10-21(29(25,26)20-7-4-3-5-8-20)17-22(19)30(27,28)24-16-13-18-11-14-23-15-12-18/h3-5,7-12,14-15,17,24H,2,6,13,16H2,1H3. The number of rotatable bonds is 9. The summed E-state index contributed by atoms with van der Waals surface area (Å²) in [6, 6.07) is 16.0. The number of aryl methyl sites for hydroxylation is 1. The van der Waals surface area contributed by atoms with Gasteiger partial charge in [-0.2, -0.15) is 0 Å². The van der Waals surface area contributed by atoms with Gasteiger partial charge in [0.1, 0.15) is 0 Å². The molecular formula is C22H24N2O4S2. The first kappa shape index (κ1) is 22.1. The van der Waals surface area contributed by atoms with Crippen LogP contribution in [0, 0.1) is 0 Å². The highest BCUT2D eigenvalue weighted by Crippen LogP contribution is 2.26. The largest absolute Gasteiger partial charge is 0.265 e. The lowest BCUT2D eigenvalue weighted by Crippen LogP contribution is -2.27. The molecule has 0 bridgehead atoms. The minimum atomic E-state index is -3.88. The lowest BCUT2D eigenvalue weighted by atomic mass is 10.1. The summed E-state index contributed by atoms with van der Waals surface area (Å²) < 4.78 is 54.5. The van der Waals surface area contributed by atoms with Crippen molar-refractivity contribution in [2.75, 3.05) is 6.54 Å². The number of aromatic nitrogens is 1. The summed E-state index contributed by atoms with van der Waals surface area (Å²) in [6.45, 7) is 2.15. The van der Waals surface area contributed by atoms with Crippen molar-refractivity contribution < 1.29 is 16.8 Å². The van der Waals surface area contributed by atoms with Gasteiger partial charge in [0, 0.05) is 18.9 Å². The molecule has 0 unspecified atom stereocenters. The Morgan fingerprint density at radius 1 is 0.833 bits per heavy atom. The van der Waals surface area contributed by atoms with E-state index in [0.29, 0.717) is 18.4 Å². The van der Waals surface area contributed by atoms with Crippen molar-refractivity contribution >= 4 is 19.9 Å². The monoisotopic (exact) mass is 444 g/mol. The van der Waals surface area contributed by atoms with Crippen LogP contribution in [0.5, 0.6) is 0 Å². The minimum absolute atomic E-state index is 0.0103. The second-order valence-corrected chi connectivity index (χ2v) is 10.5. The number of sulfonamides is 1. The van der Waals surface area contributed by atoms with E-state index in [1.165, 1.54) is 24.3 Å². The molecule has 158 valence electrons. The van der Waals surface area contributed by atoms with E-state index in [1.807, 2.05) is 19.1 Å². The van der Waals surface area contributed by atoms with E-state index in [1.54, 1.807) is 36.7 Å². The molecule has 0 aliphatic heterocycles. The minimum Gasteiger partial charge on any atom is -0.265 e. The summed E-state index contributed by atoms with van der Waals surface area (Å²) in [4.78, 5) is 4.04. The smallest absolute Gasteiger partial charge is 0.240 e.